The first-order valence-corrected chi connectivity index (χ1v) is 9.90. The molecule has 0 unspecified atom stereocenters. The number of hydrogen-bond donors (Lipinski definition) is 2. The number of carbonyl (C=O) groups is 2. The van der Waals surface area contributed by atoms with Gasteiger partial charge < -0.3 is 0 Å². The van der Waals surface area contributed by atoms with Crippen LogP contribution in [0.1, 0.15) is 16.0 Å². The van der Waals surface area contributed by atoms with E-state index < -0.39 is 0 Å². The molecule has 2 amide bonds. The summed E-state index contributed by atoms with van der Waals surface area (Å²) in [6.45, 7) is 4.04. The lowest BCUT2D eigenvalue weighted by Gasteiger charge is -2.08. The molecule has 1 aromatic carbocycles. The van der Waals surface area contributed by atoms with Crippen LogP contribution in [0.5, 0.6) is 0 Å². The lowest BCUT2D eigenvalue weighted by atomic mass is 10.1. The van der Waals surface area contributed by atoms with E-state index in [0.717, 1.165) is 20.8 Å². The van der Waals surface area contributed by atoms with Crippen molar-refractivity contribution < 1.29 is 14.0 Å². The van der Waals surface area contributed by atoms with Gasteiger partial charge in [-0.1, -0.05) is 23.9 Å². The molecule has 0 saturated heterocycles. The van der Waals surface area contributed by atoms with E-state index in [1.165, 1.54) is 47.2 Å². The standard InChI is InChI=1S/C18H17FN4O2S2/c1-10-11(2)27-18-16(10)17(20-9-21-18)26-8-15(25)23-22-14(24)7-12-3-5-13(19)6-4-12/h3-6,9H,7-8H2,1-2H3,(H,22,24)(H,23,25). The van der Waals surface area contributed by atoms with Crippen molar-refractivity contribution in [2.45, 2.75) is 25.3 Å². The summed E-state index contributed by atoms with van der Waals surface area (Å²) in [5.41, 5.74) is 6.51. The Kier molecular flexibility index (Phi) is 6.02. The van der Waals surface area contributed by atoms with Crippen molar-refractivity contribution in [2.24, 2.45) is 0 Å². The van der Waals surface area contributed by atoms with Gasteiger partial charge in [0.15, 0.2) is 0 Å². The number of aryl methyl sites for hydroxylation is 2. The Bertz CT molecular complexity index is 989. The number of nitrogens with zero attached hydrogens (tertiary/aromatic N) is 2. The molecule has 2 heterocycles. The third kappa shape index (κ3) is 4.81. The van der Waals surface area contributed by atoms with Crippen molar-refractivity contribution in [3.63, 3.8) is 0 Å². The topological polar surface area (TPSA) is 84.0 Å². The molecule has 140 valence electrons. The number of fused-ring (bicyclic) bond motifs is 1. The van der Waals surface area contributed by atoms with Crippen LogP contribution in [0.15, 0.2) is 35.6 Å². The summed E-state index contributed by atoms with van der Waals surface area (Å²) in [6, 6.07) is 5.62. The molecule has 0 atom stereocenters. The van der Waals surface area contributed by atoms with Gasteiger partial charge in [-0.3, -0.25) is 20.4 Å². The van der Waals surface area contributed by atoms with E-state index in [2.05, 4.69) is 20.8 Å². The maximum Gasteiger partial charge on any atom is 0.248 e. The summed E-state index contributed by atoms with van der Waals surface area (Å²) in [6.07, 6.45) is 1.54. The number of hydrogen-bond acceptors (Lipinski definition) is 6. The minimum atomic E-state index is -0.381. The summed E-state index contributed by atoms with van der Waals surface area (Å²) in [4.78, 5) is 34.5. The highest BCUT2D eigenvalue weighted by molar-refractivity contribution is 8.00. The van der Waals surface area contributed by atoms with E-state index in [9.17, 15) is 14.0 Å². The Morgan fingerprint density at radius 3 is 2.56 bits per heavy atom. The third-order valence-corrected chi connectivity index (χ3v) is 5.99. The Hall–Kier alpha value is -2.52. The Labute approximate surface area is 163 Å². The van der Waals surface area contributed by atoms with E-state index in [-0.39, 0.29) is 29.8 Å². The molecular weight excluding hydrogens is 387 g/mol. The Morgan fingerprint density at radius 2 is 1.81 bits per heavy atom. The maximum absolute atomic E-state index is 12.9. The lowest BCUT2D eigenvalue weighted by Crippen LogP contribution is -2.43. The molecule has 2 aromatic heterocycles. The quantitative estimate of drug-likeness (QED) is 0.388. The zero-order valence-corrected chi connectivity index (χ0v) is 16.3. The van der Waals surface area contributed by atoms with E-state index in [1.807, 2.05) is 13.8 Å². The van der Waals surface area contributed by atoms with Gasteiger partial charge in [0.05, 0.1) is 12.2 Å². The summed E-state index contributed by atoms with van der Waals surface area (Å²) in [7, 11) is 0. The number of nitrogens with one attached hydrogen (secondary N) is 2. The average molecular weight is 404 g/mol. The fraction of sp³-hybridized carbons (Fsp3) is 0.222. The predicted molar refractivity (Wildman–Crippen MR) is 104 cm³/mol. The monoisotopic (exact) mass is 404 g/mol. The molecule has 0 spiro atoms. The molecule has 2 N–H and O–H groups in total. The van der Waals surface area contributed by atoms with Crippen LogP contribution in [0.2, 0.25) is 0 Å². The number of carbonyl (C=O) groups excluding carboxylic acids is 2. The van der Waals surface area contributed by atoms with Crippen molar-refractivity contribution in [3.05, 3.63) is 52.4 Å². The molecule has 0 aliphatic carbocycles. The first-order chi connectivity index (χ1) is 12.9. The second kappa shape index (κ2) is 8.45. The van der Waals surface area contributed by atoms with Crippen LogP contribution < -0.4 is 10.9 Å². The molecule has 0 aliphatic rings. The zero-order chi connectivity index (χ0) is 19.4. The molecule has 6 nitrogen and oxygen atoms in total. The summed E-state index contributed by atoms with van der Waals surface area (Å²) in [5, 5.41) is 1.72. The van der Waals surface area contributed by atoms with Gasteiger partial charge in [-0.05, 0) is 37.1 Å². The van der Waals surface area contributed by atoms with Crippen molar-refractivity contribution in [1.29, 1.82) is 0 Å². The fourth-order valence-corrected chi connectivity index (χ4v) is 4.32. The van der Waals surface area contributed by atoms with Crippen molar-refractivity contribution in [1.82, 2.24) is 20.8 Å². The first kappa shape index (κ1) is 19.2. The molecule has 0 aliphatic heterocycles. The van der Waals surface area contributed by atoms with Crippen molar-refractivity contribution in [3.8, 4) is 0 Å². The van der Waals surface area contributed by atoms with Crippen molar-refractivity contribution in [2.75, 3.05) is 5.75 Å². The van der Waals surface area contributed by atoms with Crippen LogP contribution in [0.4, 0.5) is 4.39 Å². The number of halogens is 1. The molecule has 0 radical (unpaired) electrons. The van der Waals surface area contributed by atoms with Crippen LogP contribution in [0, 0.1) is 19.7 Å². The van der Waals surface area contributed by atoms with Gasteiger partial charge >= 0.3 is 0 Å². The molecule has 0 saturated carbocycles. The Balaban J connectivity index is 1.51. The smallest absolute Gasteiger partial charge is 0.248 e. The van der Waals surface area contributed by atoms with Crippen LogP contribution in [-0.4, -0.2) is 27.5 Å². The van der Waals surface area contributed by atoms with Crippen LogP contribution >= 0.6 is 23.1 Å². The largest absolute Gasteiger partial charge is 0.273 e. The summed E-state index contributed by atoms with van der Waals surface area (Å²) < 4.78 is 12.9. The molecule has 3 aromatic rings. The predicted octanol–water partition coefficient (Wildman–Crippen LogP) is 2.93. The third-order valence-electron chi connectivity index (χ3n) is 3.89. The summed E-state index contributed by atoms with van der Waals surface area (Å²) in [5.74, 6) is -0.978. The molecule has 9 heteroatoms. The minimum absolute atomic E-state index is 0.0492. The summed E-state index contributed by atoms with van der Waals surface area (Å²) >= 11 is 2.89. The lowest BCUT2D eigenvalue weighted by molar-refractivity contribution is -0.127. The second-order valence-electron chi connectivity index (χ2n) is 5.83. The van der Waals surface area contributed by atoms with E-state index in [0.29, 0.717) is 5.56 Å². The van der Waals surface area contributed by atoms with Crippen LogP contribution in [0.3, 0.4) is 0 Å². The number of amides is 2. The highest BCUT2D eigenvalue weighted by Crippen LogP contribution is 2.34. The number of rotatable bonds is 5. The van der Waals surface area contributed by atoms with Gasteiger partial charge in [-0.25, -0.2) is 14.4 Å². The maximum atomic E-state index is 12.9. The molecule has 0 bridgehead atoms. The molecule has 3 rings (SSSR count). The van der Waals surface area contributed by atoms with E-state index in [4.69, 9.17) is 0 Å². The Morgan fingerprint density at radius 1 is 1.11 bits per heavy atom. The zero-order valence-electron chi connectivity index (χ0n) is 14.7. The normalized spacial score (nSPS) is 10.8. The number of aromatic nitrogens is 2. The van der Waals surface area contributed by atoms with Gasteiger partial charge in [0.25, 0.3) is 0 Å². The fourth-order valence-electron chi connectivity index (χ4n) is 2.40. The number of thiophene rings is 1. The van der Waals surface area contributed by atoms with Crippen molar-refractivity contribution >= 4 is 45.1 Å². The highest BCUT2D eigenvalue weighted by Gasteiger charge is 2.14. The van der Waals surface area contributed by atoms with E-state index >= 15 is 0 Å². The van der Waals surface area contributed by atoms with Gasteiger partial charge in [-0.15, -0.1) is 11.3 Å². The van der Waals surface area contributed by atoms with E-state index in [1.54, 1.807) is 11.3 Å². The minimum Gasteiger partial charge on any atom is -0.273 e. The number of hydrazine groups is 1. The highest BCUT2D eigenvalue weighted by atomic mass is 32.2. The molecule has 0 fully saturated rings. The first-order valence-electron chi connectivity index (χ1n) is 8.09. The van der Waals surface area contributed by atoms with Gasteiger partial charge in [-0.2, -0.15) is 0 Å². The number of thioether (sulfide) groups is 1. The van der Waals surface area contributed by atoms with Gasteiger partial charge in [0.2, 0.25) is 11.8 Å². The SMILES string of the molecule is Cc1sc2ncnc(SCC(=O)NNC(=O)Cc3ccc(F)cc3)c2c1C. The molecule has 27 heavy (non-hydrogen) atoms. The number of benzene rings is 1. The van der Waals surface area contributed by atoms with Crippen LogP contribution in [0.25, 0.3) is 10.2 Å². The average Bonchev–Trinajstić information content (AvgIpc) is 2.95. The second-order valence-corrected chi connectivity index (χ2v) is 8.00. The molecular formula is C18H17FN4O2S2. The van der Waals surface area contributed by atoms with Gasteiger partial charge in [0.1, 0.15) is 22.0 Å². The van der Waals surface area contributed by atoms with Crippen LogP contribution in [-0.2, 0) is 16.0 Å². The van der Waals surface area contributed by atoms with Gasteiger partial charge in [0, 0.05) is 10.3 Å².